The second-order valence-electron chi connectivity index (χ2n) is 5.27. The summed E-state index contributed by atoms with van der Waals surface area (Å²) in [6.45, 7) is 6.17. The molecule has 0 aliphatic carbocycles. The maximum Gasteiger partial charge on any atom is 0.353 e. The van der Waals surface area contributed by atoms with E-state index in [2.05, 4.69) is 35.8 Å². The van der Waals surface area contributed by atoms with E-state index in [4.69, 9.17) is 5.11 Å². The number of aromatic carboxylic acids is 1. The maximum absolute atomic E-state index is 10.8. The number of imidazole rings is 1. The molecule has 0 unspecified atom stereocenters. The molecule has 96 valence electrons. The van der Waals surface area contributed by atoms with Crippen molar-refractivity contribution in [3.05, 3.63) is 23.8 Å². The fourth-order valence-electron chi connectivity index (χ4n) is 1.78. The Morgan fingerprint density at radius 3 is 2.61 bits per heavy atom. The minimum Gasteiger partial charge on any atom is -0.477 e. The lowest BCUT2D eigenvalue weighted by Crippen LogP contribution is -2.14. The van der Waals surface area contributed by atoms with Crippen LogP contribution in [0.3, 0.4) is 0 Å². The van der Waals surface area contributed by atoms with Crippen molar-refractivity contribution in [2.45, 2.75) is 26.2 Å². The Morgan fingerprint density at radius 1 is 1.44 bits per heavy atom. The van der Waals surface area contributed by atoms with Gasteiger partial charge >= 0.3 is 5.97 Å². The van der Waals surface area contributed by atoms with Crippen LogP contribution < -0.4 is 0 Å². The van der Waals surface area contributed by atoms with Crippen LogP contribution in [0, 0.1) is 0 Å². The number of hydrogen-bond donors (Lipinski definition) is 2. The Bertz CT molecular complexity index is 589. The molecule has 0 aliphatic heterocycles. The van der Waals surface area contributed by atoms with Crippen molar-refractivity contribution < 1.29 is 9.90 Å². The van der Waals surface area contributed by atoms with Gasteiger partial charge in [-0.2, -0.15) is 5.10 Å². The van der Waals surface area contributed by atoms with E-state index in [1.54, 1.807) is 4.68 Å². The topological polar surface area (TPSA) is 83.8 Å². The molecule has 0 spiro atoms. The van der Waals surface area contributed by atoms with Crippen LogP contribution in [-0.2, 0) is 12.5 Å². The van der Waals surface area contributed by atoms with Crippen molar-refractivity contribution >= 4 is 5.97 Å². The average molecular weight is 248 g/mol. The molecule has 2 N–H and O–H groups in total. The first kappa shape index (κ1) is 12.3. The third-order valence-corrected chi connectivity index (χ3v) is 2.60. The number of H-pyrrole nitrogens is 1. The molecular weight excluding hydrogens is 232 g/mol. The van der Waals surface area contributed by atoms with Crippen molar-refractivity contribution in [3.8, 4) is 11.4 Å². The Balaban J connectivity index is 2.53. The molecule has 2 heterocycles. The summed E-state index contributed by atoms with van der Waals surface area (Å²) in [7, 11) is 1.83. The second-order valence-corrected chi connectivity index (χ2v) is 5.27. The molecule has 0 saturated heterocycles. The van der Waals surface area contributed by atoms with Gasteiger partial charge in [0, 0.05) is 18.7 Å². The first-order valence-electron chi connectivity index (χ1n) is 5.62. The minimum absolute atomic E-state index is 0.0775. The number of carbonyl (C=O) groups is 1. The molecule has 2 aromatic heterocycles. The summed E-state index contributed by atoms with van der Waals surface area (Å²) in [5.41, 5.74) is 1.66. The zero-order chi connectivity index (χ0) is 13.5. The summed E-state index contributed by atoms with van der Waals surface area (Å²) in [6.07, 6.45) is 3.15. The van der Waals surface area contributed by atoms with Gasteiger partial charge in [0.2, 0.25) is 0 Å². The van der Waals surface area contributed by atoms with Crippen LogP contribution in [0.5, 0.6) is 0 Å². The first-order chi connectivity index (χ1) is 8.29. The zero-order valence-corrected chi connectivity index (χ0v) is 10.9. The fourth-order valence-corrected chi connectivity index (χ4v) is 1.78. The van der Waals surface area contributed by atoms with Gasteiger partial charge in [0.25, 0.3) is 0 Å². The van der Waals surface area contributed by atoms with Gasteiger partial charge < -0.3 is 10.1 Å². The van der Waals surface area contributed by atoms with Crippen LogP contribution in [0.25, 0.3) is 11.4 Å². The fraction of sp³-hybridized carbons (Fsp3) is 0.417. The van der Waals surface area contributed by atoms with Crippen LogP contribution in [0.4, 0.5) is 0 Å². The van der Waals surface area contributed by atoms with Crippen molar-refractivity contribution in [2.75, 3.05) is 0 Å². The van der Waals surface area contributed by atoms with Crippen molar-refractivity contribution in [2.24, 2.45) is 7.05 Å². The molecule has 0 amide bonds. The standard InChI is InChI=1S/C12H16N4O2/c1-12(2,3)9-7(6-16(4)15-9)10-13-5-8(14-10)11(17)18/h5-6H,1-4H3,(H,13,14)(H,17,18). The summed E-state index contributed by atoms with van der Waals surface area (Å²) in [5, 5.41) is 13.3. The Kier molecular flexibility index (Phi) is 2.73. The smallest absolute Gasteiger partial charge is 0.353 e. The lowest BCUT2D eigenvalue weighted by atomic mass is 9.89. The minimum atomic E-state index is -1.02. The number of carboxylic acid groups (broad SMARTS) is 1. The molecule has 0 saturated carbocycles. The highest BCUT2D eigenvalue weighted by Gasteiger charge is 2.24. The highest BCUT2D eigenvalue weighted by Crippen LogP contribution is 2.30. The molecule has 0 atom stereocenters. The van der Waals surface area contributed by atoms with E-state index in [0.29, 0.717) is 5.82 Å². The number of aromatic nitrogens is 4. The number of rotatable bonds is 2. The van der Waals surface area contributed by atoms with E-state index in [1.807, 2.05) is 13.2 Å². The van der Waals surface area contributed by atoms with Gasteiger partial charge in [-0.25, -0.2) is 9.78 Å². The third-order valence-electron chi connectivity index (χ3n) is 2.60. The summed E-state index contributed by atoms with van der Waals surface area (Å²) < 4.78 is 1.71. The van der Waals surface area contributed by atoms with E-state index in [1.165, 1.54) is 6.20 Å². The van der Waals surface area contributed by atoms with E-state index in [9.17, 15) is 4.79 Å². The van der Waals surface area contributed by atoms with E-state index < -0.39 is 5.97 Å². The summed E-state index contributed by atoms with van der Waals surface area (Å²) >= 11 is 0. The molecule has 0 radical (unpaired) electrons. The number of hydrogen-bond acceptors (Lipinski definition) is 3. The number of nitrogens with one attached hydrogen (secondary N) is 1. The maximum atomic E-state index is 10.8. The van der Waals surface area contributed by atoms with Gasteiger partial charge in [0.05, 0.1) is 17.5 Å². The molecule has 0 aromatic carbocycles. The normalized spacial score (nSPS) is 11.8. The summed E-state index contributed by atoms with van der Waals surface area (Å²) in [4.78, 5) is 17.7. The number of carboxylic acids is 1. The Hall–Kier alpha value is -2.11. The molecule has 0 bridgehead atoms. The molecule has 2 aromatic rings. The molecule has 18 heavy (non-hydrogen) atoms. The van der Waals surface area contributed by atoms with Crippen LogP contribution in [0.1, 0.15) is 37.0 Å². The lowest BCUT2D eigenvalue weighted by molar-refractivity contribution is 0.0691. The van der Waals surface area contributed by atoms with E-state index >= 15 is 0 Å². The van der Waals surface area contributed by atoms with Crippen LogP contribution in [0.15, 0.2) is 12.4 Å². The summed E-state index contributed by atoms with van der Waals surface area (Å²) in [5.74, 6) is -0.486. The zero-order valence-electron chi connectivity index (χ0n) is 10.9. The Labute approximate surface area is 105 Å². The van der Waals surface area contributed by atoms with Crippen LogP contribution >= 0.6 is 0 Å². The van der Waals surface area contributed by atoms with Gasteiger partial charge in [-0.15, -0.1) is 0 Å². The predicted molar refractivity (Wildman–Crippen MR) is 66.4 cm³/mol. The van der Waals surface area contributed by atoms with E-state index in [0.717, 1.165) is 11.3 Å². The van der Waals surface area contributed by atoms with Crippen molar-refractivity contribution in [3.63, 3.8) is 0 Å². The monoisotopic (exact) mass is 248 g/mol. The average Bonchev–Trinajstić information content (AvgIpc) is 2.81. The molecule has 0 aliphatic rings. The molecule has 6 nitrogen and oxygen atoms in total. The Morgan fingerprint density at radius 2 is 2.11 bits per heavy atom. The molecule has 2 rings (SSSR count). The predicted octanol–water partition coefficient (Wildman–Crippen LogP) is 1.81. The lowest BCUT2D eigenvalue weighted by Gasteiger charge is -2.16. The van der Waals surface area contributed by atoms with Crippen molar-refractivity contribution in [1.29, 1.82) is 0 Å². The van der Waals surface area contributed by atoms with Gasteiger partial charge in [0.1, 0.15) is 11.5 Å². The molecule has 0 fully saturated rings. The first-order valence-corrected chi connectivity index (χ1v) is 5.62. The van der Waals surface area contributed by atoms with Crippen molar-refractivity contribution in [1.82, 2.24) is 19.7 Å². The van der Waals surface area contributed by atoms with Gasteiger partial charge in [-0.05, 0) is 0 Å². The van der Waals surface area contributed by atoms with Gasteiger partial charge in [0.15, 0.2) is 0 Å². The molecule has 6 heteroatoms. The second kappa shape index (κ2) is 3.97. The number of aryl methyl sites for hydroxylation is 1. The van der Waals surface area contributed by atoms with Gasteiger partial charge in [-0.3, -0.25) is 4.68 Å². The van der Waals surface area contributed by atoms with Crippen LogP contribution in [-0.4, -0.2) is 30.8 Å². The van der Waals surface area contributed by atoms with Gasteiger partial charge in [-0.1, -0.05) is 20.8 Å². The number of nitrogens with zero attached hydrogens (tertiary/aromatic N) is 3. The quantitative estimate of drug-likeness (QED) is 0.848. The van der Waals surface area contributed by atoms with E-state index in [-0.39, 0.29) is 11.1 Å². The highest BCUT2D eigenvalue weighted by molar-refractivity contribution is 5.86. The SMILES string of the molecule is Cn1cc(-c2ncc(C(=O)O)[nH]2)c(C(C)(C)C)n1. The van der Waals surface area contributed by atoms with Crippen LogP contribution in [0.2, 0.25) is 0 Å². The molecular formula is C12H16N4O2. The highest BCUT2D eigenvalue weighted by atomic mass is 16.4. The number of aromatic amines is 1. The third kappa shape index (κ3) is 2.13. The summed E-state index contributed by atoms with van der Waals surface area (Å²) in [6, 6.07) is 0. The largest absolute Gasteiger partial charge is 0.477 e.